The molecule has 7 nitrogen and oxygen atoms in total. The molecule has 0 aromatic carbocycles. The van der Waals surface area contributed by atoms with E-state index in [1.54, 1.807) is 11.5 Å². The van der Waals surface area contributed by atoms with Crippen LogP contribution in [0.2, 0.25) is 0 Å². The van der Waals surface area contributed by atoms with E-state index in [-0.39, 0.29) is 17.5 Å². The van der Waals surface area contributed by atoms with Gasteiger partial charge in [-0.15, -0.1) is 0 Å². The lowest BCUT2D eigenvalue weighted by atomic mass is 9.88. The van der Waals surface area contributed by atoms with Gasteiger partial charge in [-0.25, -0.2) is 10.5 Å². The minimum absolute atomic E-state index is 0.0818. The molecular formula is C16H21N3O4. The summed E-state index contributed by atoms with van der Waals surface area (Å²) in [4.78, 5) is 30.1. The normalized spacial score (nSPS) is 18.6. The molecule has 0 spiro atoms. The molecule has 2 N–H and O–H groups in total. The second-order valence-corrected chi connectivity index (χ2v) is 6.04. The number of carbonyl (C=O) groups is 2. The Morgan fingerprint density at radius 2 is 2.04 bits per heavy atom. The molecule has 2 heterocycles. The van der Waals surface area contributed by atoms with Gasteiger partial charge in [-0.3, -0.25) is 14.8 Å². The first-order valence-electron chi connectivity index (χ1n) is 8.05. The van der Waals surface area contributed by atoms with E-state index in [9.17, 15) is 9.59 Å². The van der Waals surface area contributed by atoms with Crippen LogP contribution in [0.3, 0.4) is 0 Å². The highest BCUT2D eigenvalue weighted by molar-refractivity contribution is 5.91. The largest absolute Gasteiger partial charge is 0.476 e. The topological polar surface area (TPSA) is 91.8 Å². The molecule has 0 atom stereocenters. The van der Waals surface area contributed by atoms with Crippen molar-refractivity contribution in [3.05, 3.63) is 23.4 Å². The number of amides is 2. The van der Waals surface area contributed by atoms with Crippen molar-refractivity contribution in [1.29, 1.82) is 0 Å². The average Bonchev–Trinajstić information content (AvgIpc) is 2.82. The zero-order chi connectivity index (χ0) is 16.2. The number of nitrogens with zero attached hydrogens (tertiary/aromatic N) is 2. The van der Waals surface area contributed by atoms with Crippen molar-refractivity contribution in [3.8, 4) is 5.88 Å². The van der Waals surface area contributed by atoms with E-state index in [1.807, 2.05) is 4.90 Å². The Kier molecular flexibility index (Phi) is 4.76. The summed E-state index contributed by atoms with van der Waals surface area (Å²) in [6, 6.07) is 3.24. The van der Waals surface area contributed by atoms with Crippen LogP contribution in [0.1, 0.15) is 48.2 Å². The van der Waals surface area contributed by atoms with Crippen LogP contribution in [-0.2, 0) is 11.3 Å². The summed E-state index contributed by atoms with van der Waals surface area (Å²) in [5.74, 6) is -0.0168. The first kappa shape index (κ1) is 15.7. The highest BCUT2D eigenvalue weighted by Gasteiger charge is 2.28. The molecule has 0 unspecified atom stereocenters. The lowest BCUT2D eigenvalue weighted by Crippen LogP contribution is -2.37. The maximum Gasteiger partial charge on any atom is 0.293 e. The van der Waals surface area contributed by atoms with E-state index in [4.69, 9.17) is 9.94 Å². The number of fused-ring (bicyclic) bond motifs is 1. The van der Waals surface area contributed by atoms with E-state index in [1.165, 1.54) is 12.5 Å². The van der Waals surface area contributed by atoms with Crippen molar-refractivity contribution in [1.82, 2.24) is 15.4 Å². The molecule has 1 fully saturated rings. The molecule has 1 aliphatic carbocycles. The first-order chi connectivity index (χ1) is 11.2. The van der Waals surface area contributed by atoms with E-state index in [0.29, 0.717) is 25.6 Å². The fourth-order valence-electron chi connectivity index (χ4n) is 3.23. The Balaban J connectivity index is 1.75. The Labute approximate surface area is 134 Å². The lowest BCUT2D eigenvalue weighted by molar-refractivity contribution is -0.137. The van der Waals surface area contributed by atoms with E-state index < -0.39 is 5.91 Å². The summed E-state index contributed by atoms with van der Waals surface area (Å²) in [6.07, 6.45) is 5.40. The highest BCUT2D eigenvalue weighted by atomic mass is 16.5. The van der Waals surface area contributed by atoms with Gasteiger partial charge >= 0.3 is 0 Å². The van der Waals surface area contributed by atoms with Gasteiger partial charge in [-0.05, 0) is 25.0 Å². The second kappa shape index (κ2) is 6.95. The molecule has 1 aliphatic heterocycles. The van der Waals surface area contributed by atoms with Crippen molar-refractivity contribution in [3.63, 3.8) is 0 Å². The molecule has 0 saturated heterocycles. The molecule has 0 radical (unpaired) electrons. The SMILES string of the molecule is O=C(NO)c1ccc2c(n1)OCCN(C(=O)C1CCCCC1)C2. The predicted molar refractivity (Wildman–Crippen MR) is 81.0 cm³/mol. The molecule has 1 aromatic rings. The number of aromatic nitrogens is 1. The quantitative estimate of drug-likeness (QED) is 0.637. The molecule has 7 heteroatoms. The number of rotatable bonds is 2. The summed E-state index contributed by atoms with van der Waals surface area (Å²) in [5, 5.41) is 8.67. The number of hydroxylamine groups is 1. The zero-order valence-electron chi connectivity index (χ0n) is 13.0. The first-order valence-corrected chi connectivity index (χ1v) is 8.05. The Morgan fingerprint density at radius 1 is 1.26 bits per heavy atom. The minimum Gasteiger partial charge on any atom is -0.476 e. The van der Waals surface area contributed by atoms with Crippen LogP contribution < -0.4 is 10.2 Å². The monoisotopic (exact) mass is 319 g/mol. The third-order valence-corrected chi connectivity index (χ3v) is 4.50. The molecule has 2 amide bonds. The molecule has 1 saturated carbocycles. The van der Waals surface area contributed by atoms with Crippen LogP contribution in [0.4, 0.5) is 0 Å². The van der Waals surface area contributed by atoms with E-state index in [0.717, 1.165) is 31.2 Å². The maximum atomic E-state index is 12.7. The van der Waals surface area contributed by atoms with E-state index >= 15 is 0 Å². The van der Waals surface area contributed by atoms with Crippen molar-refractivity contribution in [2.75, 3.05) is 13.2 Å². The van der Waals surface area contributed by atoms with Crippen LogP contribution in [0.5, 0.6) is 5.88 Å². The number of carbonyl (C=O) groups excluding carboxylic acids is 2. The third-order valence-electron chi connectivity index (χ3n) is 4.50. The van der Waals surface area contributed by atoms with Gasteiger partial charge in [0.05, 0.1) is 13.1 Å². The number of pyridine rings is 1. The van der Waals surface area contributed by atoms with Gasteiger partial charge in [-0.1, -0.05) is 19.3 Å². The molecule has 0 bridgehead atoms. The lowest BCUT2D eigenvalue weighted by Gasteiger charge is -2.27. The summed E-state index contributed by atoms with van der Waals surface area (Å²) >= 11 is 0. The molecule has 124 valence electrons. The van der Waals surface area contributed by atoms with Gasteiger partial charge < -0.3 is 9.64 Å². The second-order valence-electron chi connectivity index (χ2n) is 6.04. The van der Waals surface area contributed by atoms with Crippen LogP contribution in [-0.4, -0.2) is 40.1 Å². The van der Waals surface area contributed by atoms with Crippen LogP contribution in [0.25, 0.3) is 0 Å². The maximum absolute atomic E-state index is 12.7. The summed E-state index contributed by atoms with van der Waals surface area (Å²) in [7, 11) is 0. The number of ether oxygens (including phenoxy) is 1. The molecular weight excluding hydrogens is 298 g/mol. The van der Waals surface area contributed by atoms with Gasteiger partial charge in [0.2, 0.25) is 11.8 Å². The van der Waals surface area contributed by atoms with Crippen molar-refractivity contribution >= 4 is 11.8 Å². The number of nitrogens with one attached hydrogen (secondary N) is 1. The fraction of sp³-hybridized carbons (Fsp3) is 0.562. The van der Waals surface area contributed by atoms with Crippen LogP contribution in [0, 0.1) is 5.92 Å². The van der Waals surface area contributed by atoms with E-state index in [2.05, 4.69) is 4.98 Å². The van der Waals surface area contributed by atoms with Crippen molar-refractivity contribution in [2.24, 2.45) is 5.92 Å². The van der Waals surface area contributed by atoms with Gasteiger partial charge in [0.25, 0.3) is 5.91 Å². The van der Waals surface area contributed by atoms with Crippen molar-refractivity contribution < 1.29 is 19.5 Å². The van der Waals surface area contributed by atoms with Gasteiger partial charge in [0, 0.05) is 11.5 Å². The third kappa shape index (κ3) is 3.44. The van der Waals surface area contributed by atoms with Crippen LogP contribution >= 0.6 is 0 Å². The minimum atomic E-state index is -0.684. The van der Waals surface area contributed by atoms with Gasteiger partial charge in [0.1, 0.15) is 12.3 Å². The fourth-order valence-corrected chi connectivity index (χ4v) is 3.23. The Bertz CT molecular complexity index is 599. The molecule has 23 heavy (non-hydrogen) atoms. The smallest absolute Gasteiger partial charge is 0.293 e. The Morgan fingerprint density at radius 3 is 2.78 bits per heavy atom. The summed E-state index contributed by atoms with van der Waals surface area (Å²) < 4.78 is 5.58. The van der Waals surface area contributed by atoms with Gasteiger partial charge in [0.15, 0.2) is 0 Å². The highest BCUT2D eigenvalue weighted by Crippen LogP contribution is 2.28. The number of hydrogen-bond donors (Lipinski definition) is 2. The average molecular weight is 319 g/mol. The van der Waals surface area contributed by atoms with Gasteiger partial charge in [-0.2, -0.15) is 0 Å². The molecule has 3 rings (SSSR count). The summed E-state index contributed by atoms with van der Waals surface area (Å²) in [6.45, 7) is 1.31. The zero-order valence-corrected chi connectivity index (χ0v) is 13.0. The molecule has 1 aromatic heterocycles. The standard InChI is InChI=1S/C16H21N3O4/c20-14(18-22)13-7-6-12-10-19(8-9-23-15(12)17-13)16(21)11-4-2-1-3-5-11/h6-7,11,22H,1-5,8-10H2,(H,18,20). The Hall–Kier alpha value is -2.15. The predicted octanol–water partition coefficient (Wildman–Crippen LogP) is 1.50. The number of hydrogen-bond acceptors (Lipinski definition) is 5. The summed E-state index contributed by atoms with van der Waals surface area (Å²) in [5.41, 5.74) is 2.41. The van der Waals surface area contributed by atoms with Crippen LogP contribution in [0.15, 0.2) is 12.1 Å². The molecule has 2 aliphatic rings. The van der Waals surface area contributed by atoms with Crippen molar-refractivity contribution in [2.45, 2.75) is 38.6 Å².